The summed E-state index contributed by atoms with van der Waals surface area (Å²) in [4.78, 5) is 2.62. The fraction of sp³-hybridized carbons (Fsp3) is 0.647. The second-order valence-corrected chi connectivity index (χ2v) is 6.17. The van der Waals surface area contributed by atoms with E-state index in [0.29, 0.717) is 17.9 Å². The van der Waals surface area contributed by atoms with Crippen molar-refractivity contribution in [2.24, 2.45) is 5.92 Å². The molecule has 20 heavy (non-hydrogen) atoms. The van der Waals surface area contributed by atoms with E-state index in [1.165, 1.54) is 31.5 Å². The predicted molar refractivity (Wildman–Crippen MR) is 82.0 cm³/mol. The van der Waals surface area contributed by atoms with Crippen molar-refractivity contribution in [2.75, 3.05) is 39.9 Å². The first-order valence-electron chi connectivity index (χ1n) is 7.89. The minimum Gasteiger partial charge on any atom is -0.381 e. The van der Waals surface area contributed by atoms with Gasteiger partial charge in [-0.25, -0.2) is 0 Å². The molecule has 2 heterocycles. The molecule has 1 N–H and O–H groups in total. The topological polar surface area (TPSA) is 24.5 Å². The quantitative estimate of drug-likeness (QED) is 0.890. The summed E-state index contributed by atoms with van der Waals surface area (Å²) in [5.41, 5.74) is 1.50. The van der Waals surface area contributed by atoms with Gasteiger partial charge in [-0.3, -0.25) is 0 Å². The number of likely N-dealkylation sites (N-methyl/N-ethyl adjacent to an activating group) is 1. The van der Waals surface area contributed by atoms with Gasteiger partial charge in [0, 0.05) is 31.7 Å². The van der Waals surface area contributed by atoms with Gasteiger partial charge in [0.05, 0.1) is 6.61 Å². The van der Waals surface area contributed by atoms with E-state index < -0.39 is 0 Å². The number of nitrogens with zero attached hydrogens (tertiary/aromatic N) is 1. The van der Waals surface area contributed by atoms with Crippen molar-refractivity contribution >= 4 is 0 Å². The molecule has 2 aliphatic rings. The smallest absolute Gasteiger partial charge is 0.0510 e. The molecule has 0 aromatic heterocycles. The van der Waals surface area contributed by atoms with E-state index in [1.54, 1.807) is 0 Å². The molecule has 1 aromatic carbocycles. The Bertz CT molecular complexity index is 403. The Balaban J connectivity index is 1.54. The SMILES string of the molecule is CNC(CN1CCC(c2ccccc2)C1)C1CCOC1. The van der Waals surface area contributed by atoms with Gasteiger partial charge in [0.25, 0.3) is 0 Å². The molecule has 3 unspecified atom stereocenters. The Morgan fingerprint density at radius 3 is 2.85 bits per heavy atom. The van der Waals surface area contributed by atoms with Crippen LogP contribution in [0.1, 0.15) is 24.3 Å². The van der Waals surface area contributed by atoms with Crippen LogP contribution < -0.4 is 5.32 Å². The van der Waals surface area contributed by atoms with Gasteiger partial charge in [0.15, 0.2) is 0 Å². The van der Waals surface area contributed by atoms with E-state index in [2.05, 4.69) is 47.6 Å². The highest BCUT2D eigenvalue weighted by atomic mass is 16.5. The number of rotatable bonds is 5. The van der Waals surface area contributed by atoms with Gasteiger partial charge in [-0.1, -0.05) is 30.3 Å². The van der Waals surface area contributed by atoms with Crippen molar-refractivity contribution in [2.45, 2.75) is 24.8 Å². The van der Waals surface area contributed by atoms with Crippen LogP contribution >= 0.6 is 0 Å². The Morgan fingerprint density at radius 2 is 2.15 bits per heavy atom. The Morgan fingerprint density at radius 1 is 1.30 bits per heavy atom. The number of ether oxygens (including phenoxy) is 1. The van der Waals surface area contributed by atoms with E-state index >= 15 is 0 Å². The van der Waals surface area contributed by atoms with E-state index in [0.717, 1.165) is 19.8 Å². The zero-order valence-corrected chi connectivity index (χ0v) is 12.4. The first kappa shape index (κ1) is 14.1. The molecule has 0 amide bonds. The number of hydrogen-bond donors (Lipinski definition) is 1. The van der Waals surface area contributed by atoms with Crippen molar-refractivity contribution in [1.29, 1.82) is 0 Å². The van der Waals surface area contributed by atoms with Crippen LogP contribution in [-0.2, 0) is 4.74 Å². The molecule has 3 heteroatoms. The lowest BCUT2D eigenvalue weighted by atomic mass is 9.98. The fourth-order valence-electron chi connectivity index (χ4n) is 3.62. The summed E-state index contributed by atoms with van der Waals surface area (Å²) in [6.07, 6.45) is 2.50. The third kappa shape index (κ3) is 3.22. The maximum Gasteiger partial charge on any atom is 0.0510 e. The Kier molecular flexibility index (Phi) is 4.71. The molecule has 3 rings (SSSR count). The van der Waals surface area contributed by atoms with E-state index in [9.17, 15) is 0 Å². The van der Waals surface area contributed by atoms with Crippen molar-refractivity contribution in [3.05, 3.63) is 35.9 Å². The lowest BCUT2D eigenvalue weighted by Gasteiger charge is -2.27. The van der Waals surface area contributed by atoms with Crippen LogP contribution in [0.4, 0.5) is 0 Å². The Hall–Kier alpha value is -0.900. The van der Waals surface area contributed by atoms with Crippen molar-refractivity contribution in [3.8, 4) is 0 Å². The van der Waals surface area contributed by atoms with Crippen LogP contribution in [0.3, 0.4) is 0 Å². The summed E-state index contributed by atoms with van der Waals surface area (Å²) in [6.45, 7) is 5.46. The second kappa shape index (κ2) is 6.70. The molecule has 2 aliphatic heterocycles. The van der Waals surface area contributed by atoms with Crippen LogP contribution in [0.2, 0.25) is 0 Å². The van der Waals surface area contributed by atoms with Crippen LogP contribution in [-0.4, -0.2) is 50.8 Å². The summed E-state index contributed by atoms with van der Waals surface area (Å²) in [6, 6.07) is 11.5. The normalized spacial score (nSPS) is 28.9. The first-order chi connectivity index (χ1) is 9.86. The second-order valence-electron chi connectivity index (χ2n) is 6.17. The van der Waals surface area contributed by atoms with Crippen molar-refractivity contribution in [3.63, 3.8) is 0 Å². The number of hydrogen-bond acceptors (Lipinski definition) is 3. The zero-order valence-electron chi connectivity index (χ0n) is 12.4. The average molecular weight is 274 g/mol. The predicted octanol–water partition coefficient (Wildman–Crippen LogP) is 2.10. The molecule has 0 radical (unpaired) electrons. The largest absolute Gasteiger partial charge is 0.381 e. The summed E-state index contributed by atoms with van der Waals surface area (Å²) in [5, 5.41) is 3.50. The molecule has 110 valence electrons. The van der Waals surface area contributed by atoms with E-state index in [4.69, 9.17) is 4.74 Å². The third-order valence-corrected chi connectivity index (χ3v) is 4.90. The minimum absolute atomic E-state index is 0.576. The lowest BCUT2D eigenvalue weighted by Crippen LogP contribution is -2.43. The molecule has 0 aliphatic carbocycles. The number of nitrogens with one attached hydrogen (secondary N) is 1. The number of benzene rings is 1. The van der Waals surface area contributed by atoms with Gasteiger partial charge in [-0.05, 0) is 37.9 Å². The van der Waals surface area contributed by atoms with Gasteiger partial charge in [0.1, 0.15) is 0 Å². The zero-order chi connectivity index (χ0) is 13.8. The molecule has 1 aromatic rings. The van der Waals surface area contributed by atoms with E-state index in [1.807, 2.05) is 0 Å². The van der Waals surface area contributed by atoms with E-state index in [-0.39, 0.29) is 0 Å². The lowest BCUT2D eigenvalue weighted by molar-refractivity contribution is 0.168. The molecule has 2 fully saturated rings. The average Bonchev–Trinajstić information content (AvgIpc) is 3.17. The van der Waals surface area contributed by atoms with Crippen LogP contribution in [0.15, 0.2) is 30.3 Å². The van der Waals surface area contributed by atoms with Gasteiger partial charge in [-0.2, -0.15) is 0 Å². The summed E-state index contributed by atoms with van der Waals surface area (Å²) < 4.78 is 5.54. The minimum atomic E-state index is 0.576. The molecule has 0 bridgehead atoms. The summed E-state index contributed by atoms with van der Waals surface area (Å²) >= 11 is 0. The molecule has 3 atom stereocenters. The third-order valence-electron chi connectivity index (χ3n) is 4.90. The first-order valence-corrected chi connectivity index (χ1v) is 7.89. The van der Waals surface area contributed by atoms with Gasteiger partial charge in [-0.15, -0.1) is 0 Å². The molecular weight excluding hydrogens is 248 g/mol. The molecule has 0 saturated carbocycles. The molecule has 2 saturated heterocycles. The highest BCUT2D eigenvalue weighted by Crippen LogP contribution is 2.28. The molecule has 0 spiro atoms. The maximum absolute atomic E-state index is 5.54. The highest BCUT2D eigenvalue weighted by Gasteiger charge is 2.30. The van der Waals surface area contributed by atoms with Gasteiger partial charge >= 0.3 is 0 Å². The van der Waals surface area contributed by atoms with Crippen molar-refractivity contribution in [1.82, 2.24) is 10.2 Å². The van der Waals surface area contributed by atoms with Crippen LogP contribution in [0.5, 0.6) is 0 Å². The van der Waals surface area contributed by atoms with Crippen LogP contribution in [0.25, 0.3) is 0 Å². The highest BCUT2D eigenvalue weighted by molar-refractivity contribution is 5.21. The summed E-state index contributed by atoms with van der Waals surface area (Å²) in [5.74, 6) is 1.41. The maximum atomic E-state index is 5.54. The Labute approximate surface area is 122 Å². The van der Waals surface area contributed by atoms with Crippen LogP contribution in [0, 0.1) is 5.92 Å². The van der Waals surface area contributed by atoms with Crippen molar-refractivity contribution < 1.29 is 4.74 Å². The molecular formula is C17H26N2O. The van der Waals surface area contributed by atoms with Gasteiger partial charge < -0.3 is 15.0 Å². The monoisotopic (exact) mass is 274 g/mol. The standard InChI is InChI=1S/C17H26N2O/c1-18-17(16-8-10-20-13-16)12-19-9-7-15(11-19)14-5-3-2-4-6-14/h2-6,15-18H,7-13H2,1H3. The summed E-state index contributed by atoms with van der Waals surface area (Å²) in [7, 11) is 2.09. The number of likely N-dealkylation sites (tertiary alicyclic amines) is 1. The molecule has 3 nitrogen and oxygen atoms in total. The van der Waals surface area contributed by atoms with Gasteiger partial charge in [0.2, 0.25) is 0 Å². The fourth-order valence-corrected chi connectivity index (χ4v) is 3.62.